The molecular formula is H4Cl2MoO3. The summed E-state index contributed by atoms with van der Waals surface area (Å²) in [6.07, 6.45) is 0. The van der Waals surface area contributed by atoms with Crippen molar-refractivity contribution in [3.05, 3.63) is 0 Å². The summed E-state index contributed by atoms with van der Waals surface area (Å²) in [5, 5.41) is 0. The van der Waals surface area contributed by atoms with Gasteiger partial charge in [0.2, 0.25) is 0 Å². The van der Waals surface area contributed by atoms with Gasteiger partial charge in [0.1, 0.15) is 0 Å². The van der Waals surface area contributed by atoms with Crippen molar-refractivity contribution in [2.24, 2.45) is 0 Å². The number of hydrogen-bond acceptors (Lipinski definition) is 2. The van der Waals surface area contributed by atoms with Gasteiger partial charge in [0.05, 0.1) is 0 Å². The molecule has 2 N–H and O–H groups in total. The van der Waals surface area contributed by atoms with Gasteiger partial charge >= 0.3 is 25.3 Å². The summed E-state index contributed by atoms with van der Waals surface area (Å²) in [5.41, 5.74) is 0. The fraction of sp³-hybridized carbons (Fsp3) is 0. The van der Waals surface area contributed by atoms with Crippen LogP contribution in [0.15, 0.2) is 0 Å². The Hall–Kier alpha value is 0.828. The van der Waals surface area contributed by atoms with Gasteiger partial charge in [-0.15, -0.1) is 24.8 Å². The first kappa shape index (κ1) is 29.0. The molecule has 0 spiro atoms. The summed E-state index contributed by atoms with van der Waals surface area (Å²) in [6, 6.07) is 0. The third kappa shape index (κ3) is 103. The Morgan fingerprint density at radius 1 is 1.00 bits per heavy atom. The Kier molecular flexibility index (Phi) is 196. The van der Waals surface area contributed by atoms with Crippen LogP contribution in [0, 0.1) is 0 Å². The zero-order valence-corrected chi connectivity index (χ0v) is 6.18. The minimum atomic E-state index is -2.03. The molecule has 0 aromatic heterocycles. The van der Waals surface area contributed by atoms with Crippen molar-refractivity contribution in [3.63, 3.8) is 0 Å². The van der Waals surface area contributed by atoms with Crippen LogP contribution < -0.4 is 0 Å². The van der Waals surface area contributed by atoms with Crippen molar-refractivity contribution in [3.8, 4) is 0 Å². The maximum absolute atomic E-state index is 8.50. The average molecular weight is 219 g/mol. The third-order valence-corrected chi connectivity index (χ3v) is 0. The van der Waals surface area contributed by atoms with Crippen LogP contribution in [0.4, 0.5) is 0 Å². The fourth-order valence-corrected chi connectivity index (χ4v) is 0. The van der Waals surface area contributed by atoms with E-state index in [4.69, 9.17) is 6.80 Å². The Morgan fingerprint density at radius 3 is 1.00 bits per heavy atom. The molecule has 6 heteroatoms. The summed E-state index contributed by atoms with van der Waals surface area (Å²) >= 11 is -2.03. The summed E-state index contributed by atoms with van der Waals surface area (Å²) in [7, 11) is 0. The minimum absolute atomic E-state index is 0. The van der Waals surface area contributed by atoms with Crippen LogP contribution >= 0.6 is 24.8 Å². The molecule has 0 aromatic carbocycles. The summed E-state index contributed by atoms with van der Waals surface area (Å²) in [6.45, 7) is 0. The molecule has 0 fully saturated rings. The van der Waals surface area contributed by atoms with Gasteiger partial charge in [-0.2, -0.15) is 0 Å². The SMILES string of the molecule is Cl.Cl.O.[O]=[Mo]=[O]. The van der Waals surface area contributed by atoms with E-state index in [2.05, 4.69) is 0 Å². The molecule has 0 saturated heterocycles. The molecule has 0 unspecified atom stereocenters. The molecule has 0 aliphatic heterocycles. The molecule has 0 bridgehead atoms. The fourth-order valence-electron chi connectivity index (χ4n) is 0. The van der Waals surface area contributed by atoms with Gasteiger partial charge < -0.3 is 5.48 Å². The van der Waals surface area contributed by atoms with Crippen molar-refractivity contribution in [1.82, 2.24) is 0 Å². The average Bonchev–Trinajstić information content (AvgIpc) is 0.918. The monoisotopic (exact) mass is 220 g/mol. The van der Waals surface area contributed by atoms with E-state index in [-0.39, 0.29) is 30.3 Å². The van der Waals surface area contributed by atoms with Crippen molar-refractivity contribution in [2.75, 3.05) is 0 Å². The molecule has 0 heterocycles. The second-order valence-electron chi connectivity index (χ2n) is 0.0680. The van der Waals surface area contributed by atoms with E-state index in [1.165, 1.54) is 0 Å². The van der Waals surface area contributed by atoms with E-state index in [9.17, 15) is 0 Å². The van der Waals surface area contributed by atoms with Crippen molar-refractivity contribution >= 4 is 24.8 Å². The molecule has 0 saturated carbocycles. The molecule has 0 atom stereocenters. The summed E-state index contributed by atoms with van der Waals surface area (Å²) < 4.78 is 17.0. The van der Waals surface area contributed by atoms with Crippen LogP contribution in [0.5, 0.6) is 0 Å². The first-order valence-electron chi connectivity index (χ1n) is 0.333. The number of hydrogen-bond donors (Lipinski definition) is 0. The normalized spacial score (nSPS) is 2.00. The van der Waals surface area contributed by atoms with Crippen LogP contribution in [0.1, 0.15) is 0 Å². The van der Waals surface area contributed by atoms with Gasteiger partial charge in [-0.25, -0.2) is 0 Å². The second kappa shape index (κ2) is 40.6. The van der Waals surface area contributed by atoms with Gasteiger partial charge in [0, 0.05) is 0 Å². The van der Waals surface area contributed by atoms with Crippen LogP contribution in [-0.2, 0) is 25.3 Å². The predicted octanol–water partition coefficient (Wildman–Crippen LogP) is -0.221. The van der Waals surface area contributed by atoms with Gasteiger partial charge in [-0.3, -0.25) is 0 Å². The quantitative estimate of drug-likeness (QED) is 0.528. The van der Waals surface area contributed by atoms with E-state index in [0.717, 1.165) is 0 Å². The Labute approximate surface area is 55.8 Å². The maximum atomic E-state index is 8.50. The molecule has 0 aromatic rings. The van der Waals surface area contributed by atoms with E-state index in [1.807, 2.05) is 0 Å². The van der Waals surface area contributed by atoms with E-state index in [1.54, 1.807) is 0 Å². The first-order valence-corrected chi connectivity index (χ1v) is 1.97. The van der Waals surface area contributed by atoms with Crippen LogP contribution in [0.3, 0.4) is 0 Å². The van der Waals surface area contributed by atoms with Gasteiger partial charge in [0.25, 0.3) is 0 Å². The first-order chi connectivity index (χ1) is 1.41. The predicted molar refractivity (Wildman–Crippen MR) is 19.5 cm³/mol. The molecule has 3 nitrogen and oxygen atoms in total. The standard InChI is InChI=1S/2ClH.Mo.H2O.2O/h2*1H;;1H2;;. The van der Waals surface area contributed by atoms with Gasteiger partial charge in [0.15, 0.2) is 0 Å². The van der Waals surface area contributed by atoms with Crippen molar-refractivity contribution in [2.45, 2.75) is 0 Å². The van der Waals surface area contributed by atoms with Crippen LogP contribution in [0.25, 0.3) is 0 Å². The summed E-state index contributed by atoms with van der Waals surface area (Å²) in [5.74, 6) is 0. The number of rotatable bonds is 0. The van der Waals surface area contributed by atoms with E-state index < -0.39 is 18.5 Å². The van der Waals surface area contributed by atoms with Crippen molar-refractivity contribution < 1.29 is 30.8 Å². The van der Waals surface area contributed by atoms with E-state index in [0.29, 0.717) is 0 Å². The zero-order valence-electron chi connectivity index (χ0n) is 2.54. The second-order valence-corrected chi connectivity index (χ2v) is 0.403. The molecule has 0 aliphatic rings. The van der Waals surface area contributed by atoms with Gasteiger partial charge in [-0.1, -0.05) is 0 Å². The number of halogens is 2. The van der Waals surface area contributed by atoms with E-state index >= 15 is 0 Å². The Balaban J connectivity index is -0.00000000667. The topological polar surface area (TPSA) is 65.6 Å². The third-order valence-electron chi connectivity index (χ3n) is 0. The van der Waals surface area contributed by atoms with Crippen LogP contribution in [-0.4, -0.2) is 5.48 Å². The molecule has 0 amide bonds. The Morgan fingerprint density at radius 2 is 1.00 bits per heavy atom. The molecular weight excluding hydrogens is 215 g/mol. The zero-order chi connectivity index (χ0) is 2.71. The van der Waals surface area contributed by atoms with Gasteiger partial charge in [-0.05, 0) is 0 Å². The molecule has 0 aliphatic carbocycles. The van der Waals surface area contributed by atoms with Crippen molar-refractivity contribution in [1.29, 1.82) is 0 Å². The molecule has 0 radical (unpaired) electrons. The molecule has 0 rings (SSSR count). The molecule has 42 valence electrons. The summed E-state index contributed by atoms with van der Waals surface area (Å²) in [4.78, 5) is 0. The van der Waals surface area contributed by atoms with Crippen LogP contribution in [0.2, 0.25) is 0 Å². The Bertz CT molecular complexity index is 29.8. The molecule has 6 heavy (non-hydrogen) atoms.